The van der Waals surface area contributed by atoms with E-state index in [1.165, 1.54) is 35.0 Å². The van der Waals surface area contributed by atoms with Crippen molar-refractivity contribution in [2.75, 3.05) is 4.90 Å². The lowest BCUT2D eigenvalue weighted by Gasteiger charge is -2.36. The Morgan fingerprint density at radius 3 is 3.00 bits per heavy atom. The Balaban J connectivity index is 2.06. The summed E-state index contributed by atoms with van der Waals surface area (Å²) in [6, 6.07) is 7.24. The quantitative estimate of drug-likeness (QED) is 0.783. The summed E-state index contributed by atoms with van der Waals surface area (Å²) in [4.78, 5) is 2.42. The van der Waals surface area contributed by atoms with Crippen LogP contribution >= 0.6 is 15.9 Å². The van der Waals surface area contributed by atoms with Gasteiger partial charge < -0.3 is 10.6 Å². The summed E-state index contributed by atoms with van der Waals surface area (Å²) in [5, 5.41) is 0. The molecular formula is C12H15BrN2. The number of hydrogen-bond donors (Lipinski definition) is 1. The van der Waals surface area contributed by atoms with Crippen LogP contribution in [0.5, 0.6) is 0 Å². The Labute approximate surface area is 98.6 Å². The van der Waals surface area contributed by atoms with Gasteiger partial charge in [-0.2, -0.15) is 0 Å². The van der Waals surface area contributed by atoms with Crippen molar-refractivity contribution in [2.24, 2.45) is 5.73 Å². The van der Waals surface area contributed by atoms with Gasteiger partial charge in [0.1, 0.15) is 0 Å². The molecule has 0 saturated carbocycles. The largest absolute Gasteiger partial charge is 0.353 e. The minimum Gasteiger partial charge on any atom is -0.353 e. The van der Waals surface area contributed by atoms with Gasteiger partial charge >= 0.3 is 0 Å². The number of nitrogens with two attached hydrogens (primary N) is 1. The molecule has 2 nitrogen and oxygen atoms in total. The molecule has 1 fully saturated rings. The van der Waals surface area contributed by atoms with Crippen LogP contribution in [-0.4, -0.2) is 12.2 Å². The second-order valence-electron chi connectivity index (χ2n) is 4.52. The van der Waals surface area contributed by atoms with Crippen LogP contribution in [0.2, 0.25) is 0 Å². The molecule has 3 rings (SSSR count). The standard InChI is InChI=1S/C12H15BrN2/c13-9-2-5-11-8(7-9)1-3-10-4-6-12(14)15(10)11/h2,5,7,10,12H,1,3-4,6,14H2. The van der Waals surface area contributed by atoms with Crippen molar-refractivity contribution >= 4 is 21.6 Å². The molecule has 0 aromatic heterocycles. The van der Waals surface area contributed by atoms with Gasteiger partial charge in [0.2, 0.25) is 0 Å². The van der Waals surface area contributed by atoms with Gasteiger partial charge in [0.25, 0.3) is 0 Å². The molecular weight excluding hydrogens is 252 g/mol. The molecule has 0 aliphatic carbocycles. The molecule has 1 aromatic rings. The number of aryl methyl sites for hydroxylation is 1. The minimum atomic E-state index is 0.232. The van der Waals surface area contributed by atoms with Gasteiger partial charge in [-0.25, -0.2) is 0 Å². The molecule has 1 aromatic carbocycles. The smallest absolute Gasteiger partial charge is 0.0774 e. The Hall–Kier alpha value is -0.540. The number of anilines is 1. The zero-order valence-corrected chi connectivity index (χ0v) is 10.2. The van der Waals surface area contributed by atoms with Crippen LogP contribution in [0.3, 0.4) is 0 Å². The average molecular weight is 267 g/mol. The van der Waals surface area contributed by atoms with E-state index in [-0.39, 0.29) is 6.17 Å². The van der Waals surface area contributed by atoms with E-state index in [0.717, 1.165) is 6.42 Å². The molecule has 1 saturated heterocycles. The molecule has 0 radical (unpaired) electrons. The van der Waals surface area contributed by atoms with E-state index in [4.69, 9.17) is 5.73 Å². The Bertz CT molecular complexity index is 391. The summed E-state index contributed by atoms with van der Waals surface area (Å²) in [5.41, 5.74) is 8.96. The molecule has 2 heterocycles. The van der Waals surface area contributed by atoms with Crippen molar-refractivity contribution in [2.45, 2.75) is 37.9 Å². The van der Waals surface area contributed by atoms with Gasteiger partial charge in [0, 0.05) is 16.2 Å². The fourth-order valence-electron chi connectivity index (χ4n) is 2.90. The highest BCUT2D eigenvalue weighted by atomic mass is 79.9. The van der Waals surface area contributed by atoms with Gasteiger partial charge in [-0.05, 0) is 49.4 Å². The SMILES string of the molecule is NC1CCC2CCc3cc(Br)ccc3N12. The van der Waals surface area contributed by atoms with Crippen LogP contribution in [-0.2, 0) is 6.42 Å². The molecule has 0 bridgehead atoms. The molecule has 2 N–H and O–H groups in total. The molecule has 2 aliphatic heterocycles. The summed E-state index contributed by atoms with van der Waals surface area (Å²) >= 11 is 3.53. The third-order valence-corrected chi connectivity index (χ3v) is 4.11. The molecule has 3 heteroatoms. The normalized spacial score (nSPS) is 28.8. The monoisotopic (exact) mass is 266 g/mol. The molecule has 2 unspecified atom stereocenters. The van der Waals surface area contributed by atoms with Gasteiger partial charge in [0.15, 0.2) is 0 Å². The van der Waals surface area contributed by atoms with Crippen molar-refractivity contribution in [3.63, 3.8) is 0 Å². The van der Waals surface area contributed by atoms with Crippen molar-refractivity contribution < 1.29 is 0 Å². The van der Waals surface area contributed by atoms with E-state index in [1.807, 2.05) is 0 Å². The molecule has 2 aliphatic rings. The first-order valence-corrected chi connectivity index (χ1v) is 6.37. The number of benzene rings is 1. The minimum absolute atomic E-state index is 0.232. The predicted molar refractivity (Wildman–Crippen MR) is 65.9 cm³/mol. The number of hydrogen-bond acceptors (Lipinski definition) is 2. The Kier molecular flexibility index (Phi) is 2.25. The third kappa shape index (κ3) is 1.49. The molecule has 80 valence electrons. The lowest BCUT2D eigenvalue weighted by Crippen LogP contribution is -2.44. The van der Waals surface area contributed by atoms with E-state index >= 15 is 0 Å². The van der Waals surface area contributed by atoms with Crippen LogP contribution in [0.25, 0.3) is 0 Å². The maximum absolute atomic E-state index is 6.16. The topological polar surface area (TPSA) is 29.3 Å². The highest BCUT2D eigenvalue weighted by Crippen LogP contribution is 2.38. The second kappa shape index (κ2) is 3.49. The molecule has 15 heavy (non-hydrogen) atoms. The van der Waals surface area contributed by atoms with E-state index in [2.05, 4.69) is 39.0 Å². The zero-order valence-electron chi connectivity index (χ0n) is 8.62. The summed E-state index contributed by atoms with van der Waals surface area (Å²) in [7, 11) is 0. The highest BCUT2D eigenvalue weighted by Gasteiger charge is 2.34. The highest BCUT2D eigenvalue weighted by molar-refractivity contribution is 9.10. The predicted octanol–water partition coefficient (Wildman–Crippen LogP) is 2.65. The van der Waals surface area contributed by atoms with Crippen LogP contribution in [0, 0.1) is 0 Å². The van der Waals surface area contributed by atoms with Gasteiger partial charge in [-0.3, -0.25) is 0 Å². The van der Waals surface area contributed by atoms with E-state index in [1.54, 1.807) is 0 Å². The van der Waals surface area contributed by atoms with Crippen molar-refractivity contribution in [1.82, 2.24) is 0 Å². The Morgan fingerprint density at radius 1 is 1.27 bits per heavy atom. The van der Waals surface area contributed by atoms with Crippen molar-refractivity contribution in [3.8, 4) is 0 Å². The summed E-state index contributed by atoms with van der Waals surface area (Å²) in [5.74, 6) is 0. The first kappa shape index (κ1) is 9.67. The van der Waals surface area contributed by atoms with Crippen LogP contribution in [0.1, 0.15) is 24.8 Å². The maximum Gasteiger partial charge on any atom is 0.0774 e. The zero-order chi connectivity index (χ0) is 10.4. The Morgan fingerprint density at radius 2 is 2.13 bits per heavy atom. The van der Waals surface area contributed by atoms with E-state index in [0.29, 0.717) is 6.04 Å². The second-order valence-corrected chi connectivity index (χ2v) is 5.43. The molecule has 0 amide bonds. The van der Waals surface area contributed by atoms with Gasteiger partial charge in [-0.15, -0.1) is 0 Å². The number of halogens is 1. The van der Waals surface area contributed by atoms with Gasteiger partial charge in [0.05, 0.1) is 6.17 Å². The van der Waals surface area contributed by atoms with Crippen LogP contribution < -0.4 is 10.6 Å². The fraction of sp³-hybridized carbons (Fsp3) is 0.500. The van der Waals surface area contributed by atoms with E-state index in [9.17, 15) is 0 Å². The van der Waals surface area contributed by atoms with Crippen LogP contribution in [0.15, 0.2) is 22.7 Å². The lowest BCUT2D eigenvalue weighted by molar-refractivity contribution is 0.565. The first-order valence-electron chi connectivity index (χ1n) is 5.58. The van der Waals surface area contributed by atoms with E-state index < -0.39 is 0 Å². The average Bonchev–Trinajstić information content (AvgIpc) is 2.60. The number of rotatable bonds is 0. The summed E-state index contributed by atoms with van der Waals surface area (Å²) < 4.78 is 1.17. The lowest BCUT2D eigenvalue weighted by atomic mass is 9.96. The van der Waals surface area contributed by atoms with Crippen LogP contribution in [0.4, 0.5) is 5.69 Å². The van der Waals surface area contributed by atoms with Crippen molar-refractivity contribution in [3.05, 3.63) is 28.2 Å². The fourth-order valence-corrected chi connectivity index (χ4v) is 3.31. The third-order valence-electron chi connectivity index (χ3n) is 3.61. The summed E-state index contributed by atoms with van der Waals surface area (Å²) in [6.45, 7) is 0. The number of nitrogens with zero attached hydrogens (tertiary/aromatic N) is 1. The molecule has 0 spiro atoms. The maximum atomic E-state index is 6.16. The summed E-state index contributed by atoms with van der Waals surface area (Å²) in [6.07, 6.45) is 5.09. The number of fused-ring (bicyclic) bond motifs is 3. The molecule has 2 atom stereocenters. The van der Waals surface area contributed by atoms with Crippen molar-refractivity contribution in [1.29, 1.82) is 0 Å². The first-order chi connectivity index (χ1) is 7.25. The van der Waals surface area contributed by atoms with Gasteiger partial charge in [-0.1, -0.05) is 15.9 Å².